The van der Waals surface area contributed by atoms with Crippen molar-refractivity contribution in [1.82, 2.24) is 4.98 Å². The van der Waals surface area contributed by atoms with Crippen LogP contribution in [0.25, 0.3) is 0 Å². The van der Waals surface area contributed by atoms with E-state index in [1.54, 1.807) is 11.0 Å². The van der Waals surface area contributed by atoms with Gasteiger partial charge in [0.05, 0.1) is 0 Å². The summed E-state index contributed by atoms with van der Waals surface area (Å²) in [4.78, 5) is 16.6. The van der Waals surface area contributed by atoms with Crippen molar-refractivity contribution in [3.8, 4) is 0 Å². The molecule has 0 aromatic carbocycles. The van der Waals surface area contributed by atoms with Gasteiger partial charge in [-0.3, -0.25) is 4.79 Å². The van der Waals surface area contributed by atoms with Crippen LogP contribution in [0.15, 0.2) is 12.1 Å². The van der Waals surface area contributed by atoms with Gasteiger partial charge in [-0.25, -0.2) is 4.98 Å². The molecule has 13 heavy (non-hydrogen) atoms. The van der Waals surface area contributed by atoms with E-state index in [2.05, 4.69) is 4.98 Å². The second-order valence-electron chi connectivity index (χ2n) is 2.80. The third-order valence-corrected chi connectivity index (χ3v) is 1.72. The molecule has 1 amide bonds. The molecule has 1 heterocycles. The Labute approximate surface area is 81.3 Å². The van der Waals surface area contributed by atoms with Crippen LogP contribution in [-0.4, -0.2) is 25.0 Å². The highest BCUT2D eigenvalue weighted by Gasteiger charge is 2.06. The minimum Gasteiger partial charge on any atom is -0.366 e. The Morgan fingerprint density at radius 1 is 1.54 bits per heavy atom. The second kappa shape index (κ2) is 3.62. The topological polar surface area (TPSA) is 59.2 Å². The van der Waals surface area contributed by atoms with Gasteiger partial charge >= 0.3 is 0 Å². The molecule has 1 aromatic rings. The number of nitrogens with two attached hydrogens (primary N) is 1. The van der Waals surface area contributed by atoms with Gasteiger partial charge in [-0.05, 0) is 12.1 Å². The first-order valence-corrected chi connectivity index (χ1v) is 4.03. The van der Waals surface area contributed by atoms with Crippen molar-refractivity contribution in [2.75, 3.05) is 19.0 Å². The Morgan fingerprint density at radius 3 is 2.62 bits per heavy atom. The van der Waals surface area contributed by atoms with Gasteiger partial charge in [0.25, 0.3) is 0 Å². The molecule has 0 aliphatic heterocycles. The van der Waals surface area contributed by atoms with Crippen molar-refractivity contribution in [1.29, 1.82) is 0 Å². The van der Waals surface area contributed by atoms with Crippen molar-refractivity contribution in [3.63, 3.8) is 0 Å². The predicted octanol–water partition coefficient (Wildman–Crippen LogP) is 0.900. The number of rotatable bonds is 2. The highest BCUT2D eigenvalue weighted by atomic mass is 35.5. The molecule has 0 unspecified atom stereocenters. The van der Waals surface area contributed by atoms with E-state index in [0.29, 0.717) is 11.4 Å². The highest BCUT2D eigenvalue weighted by molar-refractivity contribution is 6.29. The summed E-state index contributed by atoms with van der Waals surface area (Å²) < 4.78 is 0. The molecule has 1 aromatic heterocycles. The van der Waals surface area contributed by atoms with Gasteiger partial charge < -0.3 is 10.6 Å². The van der Waals surface area contributed by atoms with Crippen LogP contribution in [0.2, 0.25) is 5.15 Å². The smallest absolute Gasteiger partial charge is 0.248 e. The fourth-order valence-electron chi connectivity index (χ4n) is 0.854. The summed E-state index contributed by atoms with van der Waals surface area (Å²) in [6.07, 6.45) is 0. The summed E-state index contributed by atoms with van der Waals surface area (Å²) >= 11 is 5.69. The Hall–Kier alpha value is -1.29. The summed E-state index contributed by atoms with van der Waals surface area (Å²) in [5, 5.41) is 0.264. The molecule has 0 fully saturated rings. The summed E-state index contributed by atoms with van der Waals surface area (Å²) in [6, 6.07) is 3.03. The van der Waals surface area contributed by atoms with Gasteiger partial charge in [0.1, 0.15) is 11.0 Å². The number of pyridine rings is 1. The van der Waals surface area contributed by atoms with Crippen molar-refractivity contribution in [2.24, 2.45) is 5.73 Å². The van der Waals surface area contributed by atoms with Crippen molar-refractivity contribution in [3.05, 3.63) is 22.8 Å². The normalized spacial score (nSPS) is 9.77. The molecule has 0 atom stereocenters. The van der Waals surface area contributed by atoms with Crippen LogP contribution in [0, 0.1) is 0 Å². The van der Waals surface area contributed by atoms with Crippen LogP contribution < -0.4 is 10.6 Å². The molecule has 0 radical (unpaired) electrons. The Balaban J connectivity index is 3.19. The number of carbonyl (C=O) groups is 1. The molecule has 5 heteroatoms. The number of amides is 1. The Kier molecular flexibility index (Phi) is 2.72. The summed E-state index contributed by atoms with van der Waals surface area (Å²) in [5.41, 5.74) is 5.47. The molecule has 1 rings (SSSR count). The minimum atomic E-state index is -0.507. The molecule has 0 aliphatic carbocycles. The standard InChI is InChI=1S/C8H10ClN3O/c1-12(2)7-4-5(8(10)13)3-6(9)11-7/h3-4H,1-2H3,(H2,10,13). The molecule has 2 N–H and O–H groups in total. The van der Waals surface area contributed by atoms with E-state index >= 15 is 0 Å². The number of anilines is 1. The van der Waals surface area contributed by atoms with Gasteiger partial charge in [-0.15, -0.1) is 0 Å². The first-order valence-electron chi connectivity index (χ1n) is 3.65. The van der Waals surface area contributed by atoms with E-state index in [9.17, 15) is 4.79 Å². The first kappa shape index (κ1) is 9.80. The lowest BCUT2D eigenvalue weighted by atomic mass is 10.2. The molecule has 70 valence electrons. The van der Waals surface area contributed by atoms with E-state index in [1.165, 1.54) is 6.07 Å². The zero-order chi connectivity index (χ0) is 10.0. The number of nitrogens with zero attached hydrogens (tertiary/aromatic N) is 2. The fraction of sp³-hybridized carbons (Fsp3) is 0.250. The van der Waals surface area contributed by atoms with Crippen LogP contribution in [0.5, 0.6) is 0 Å². The molecule has 4 nitrogen and oxygen atoms in total. The molecular formula is C8H10ClN3O. The number of halogens is 1. The predicted molar refractivity (Wildman–Crippen MR) is 52.1 cm³/mol. The van der Waals surface area contributed by atoms with E-state index in [4.69, 9.17) is 17.3 Å². The largest absolute Gasteiger partial charge is 0.366 e. The zero-order valence-corrected chi connectivity index (χ0v) is 8.17. The summed E-state index contributed by atoms with van der Waals surface area (Å²) in [6.45, 7) is 0. The van der Waals surface area contributed by atoms with Gasteiger partial charge in [-0.2, -0.15) is 0 Å². The number of carbonyl (C=O) groups excluding carboxylic acids is 1. The van der Waals surface area contributed by atoms with Gasteiger partial charge in [0.15, 0.2) is 0 Å². The van der Waals surface area contributed by atoms with Crippen LogP contribution >= 0.6 is 11.6 Å². The summed E-state index contributed by atoms with van der Waals surface area (Å²) in [5.74, 6) is 0.105. The maximum Gasteiger partial charge on any atom is 0.248 e. The lowest BCUT2D eigenvalue weighted by Crippen LogP contribution is -2.15. The molecule has 0 spiro atoms. The van der Waals surface area contributed by atoms with Gasteiger partial charge in [-0.1, -0.05) is 11.6 Å². The number of hydrogen-bond donors (Lipinski definition) is 1. The fourth-order valence-corrected chi connectivity index (χ4v) is 1.06. The quantitative estimate of drug-likeness (QED) is 0.720. The third kappa shape index (κ3) is 2.32. The third-order valence-electron chi connectivity index (χ3n) is 1.52. The van der Waals surface area contributed by atoms with E-state index in [0.717, 1.165) is 0 Å². The maximum atomic E-state index is 10.8. The van der Waals surface area contributed by atoms with Crippen molar-refractivity contribution < 1.29 is 4.79 Å². The SMILES string of the molecule is CN(C)c1cc(C(N)=O)cc(Cl)n1. The Bertz CT molecular complexity index is 338. The Morgan fingerprint density at radius 2 is 2.15 bits per heavy atom. The van der Waals surface area contributed by atoms with Crippen LogP contribution in [0.4, 0.5) is 5.82 Å². The van der Waals surface area contributed by atoms with Crippen molar-refractivity contribution in [2.45, 2.75) is 0 Å². The zero-order valence-electron chi connectivity index (χ0n) is 7.41. The second-order valence-corrected chi connectivity index (χ2v) is 3.18. The molecule has 0 aliphatic rings. The van der Waals surface area contributed by atoms with Crippen LogP contribution in [0.1, 0.15) is 10.4 Å². The van der Waals surface area contributed by atoms with Crippen molar-refractivity contribution >= 4 is 23.3 Å². The average molecular weight is 200 g/mol. The van der Waals surface area contributed by atoms with Crippen LogP contribution in [-0.2, 0) is 0 Å². The molecule has 0 bridgehead atoms. The molecular weight excluding hydrogens is 190 g/mol. The van der Waals surface area contributed by atoms with Crippen LogP contribution in [0.3, 0.4) is 0 Å². The monoisotopic (exact) mass is 199 g/mol. The van der Waals surface area contributed by atoms with Gasteiger partial charge in [0, 0.05) is 19.7 Å². The average Bonchev–Trinajstić information content (AvgIpc) is 2.03. The number of primary amides is 1. The van der Waals surface area contributed by atoms with E-state index in [1.807, 2.05) is 14.1 Å². The highest BCUT2D eigenvalue weighted by Crippen LogP contribution is 2.15. The maximum absolute atomic E-state index is 10.8. The van der Waals surface area contributed by atoms with E-state index < -0.39 is 5.91 Å². The molecule has 0 saturated heterocycles. The number of hydrogen-bond acceptors (Lipinski definition) is 3. The lowest BCUT2D eigenvalue weighted by Gasteiger charge is -2.11. The van der Waals surface area contributed by atoms with Gasteiger partial charge in [0.2, 0.25) is 5.91 Å². The number of aromatic nitrogens is 1. The lowest BCUT2D eigenvalue weighted by molar-refractivity contribution is 0.1000. The minimum absolute atomic E-state index is 0.264. The first-order chi connectivity index (χ1) is 6.00. The molecule has 0 saturated carbocycles. The van der Waals surface area contributed by atoms with E-state index in [-0.39, 0.29) is 5.15 Å². The summed E-state index contributed by atoms with van der Waals surface area (Å²) in [7, 11) is 3.62.